The zero-order valence-corrected chi connectivity index (χ0v) is 9.84. The van der Waals surface area contributed by atoms with Crippen LogP contribution in [0.2, 0.25) is 0 Å². The molecule has 0 heterocycles. The molecule has 0 radical (unpaired) electrons. The van der Waals surface area contributed by atoms with Crippen molar-refractivity contribution in [3.8, 4) is 5.75 Å². The van der Waals surface area contributed by atoms with Gasteiger partial charge in [0.15, 0.2) is 18.2 Å². The molecule has 0 amide bonds. The molecule has 0 saturated heterocycles. The Morgan fingerprint density at radius 2 is 2.00 bits per heavy atom. The van der Waals surface area contributed by atoms with E-state index in [2.05, 4.69) is 10.3 Å². The number of hydroxylamine groups is 1. The van der Waals surface area contributed by atoms with Crippen molar-refractivity contribution in [1.82, 2.24) is 5.48 Å². The molecule has 1 aromatic rings. The van der Waals surface area contributed by atoms with Crippen molar-refractivity contribution < 1.29 is 27.1 Å². The van der Waals surface area contributed by atoms with Gasteiger partial charge >= 0.3 is 6.18 Å². The predicted molar refractivity (Wildman–Crippen MR) is 56.5 cm³/mol. The molecular formula is C11H13F4NO2. The lowest BCUT2D eigenvalue weighted by Crippen LogP contribution is -2.26. The number of hydrogen-bond donors (Lipinski definition) is 1. The van der Waals surface area contributed by atoms with Crippen LogP contribution in [0.5, 0.6) is 5.75 Å². The summed E-state index contributed by atoms with van der Waals surface area (Å²) < 4.78 is 53.4. The smallest absolute Gasteiger partial charge is 0.413 e. The van der Waals surface area contributed by atoms with E-state index < -0.39 is 24.6 Å². The third-order valence-electron chi connectivity index (χ3n) is 2.17. The van der Waals surface area contributed by atoms with E-state index in [9.17, 15) is 17.6 Å². The van der Waals surface area contributed by atoms with E-state index in [1.54, 1.807) is 6.92 Å². The SMILES string of the molecule is COc1cc(C(C)NOCC(F)(F)F)ccc1F. The van der Waals surface area contributed by atoms with Gasteiger partial charge in [-0.3, -0.25) is 4.84 Å². The van der Waals surface area contributed by atoms with Gasteiger partial charge in [-0.2, -0.15) is 18.7 Å². The first-order valence-electron chi connectivity index (χ1n) is 5.11. The van der Waals surface area contributed by atoms with Crippen LogP contribution in [0, 0.1) is 5.82 Å². The van der Waals surface area contributed by atoms with Gasteiger partial charge < -0.3 is 4.74 Å². The van der Waals surface area contributed by atoms with Crippen molar-refractivity contribution in [3.63, 3.8) is 0 Å². The van der Waals surface area contributed by atoms with Crippen LogP contribution in [-0.4, -0.2) is 19.9 Å². The summed E-state index contributed by atoms with van der Waals surface area (Å²) in [5.41, 5.74) is 2.78. The van der Waals surface area contributed by atoms with E-state index in [1.807, 2.05) is 0 Å². The zero-order chi connectivity index (χ0) is 13.8. The first-order chi connectivity index (χ1) is 8.33. The number of rotatable bonds is 5. The zero-order valence-electron chi connectivity index (χ0n) is 9.84. The van der Waals surface area contributed by atoms with Crippen molar-refractivity contribution in [2.24, 2.45) is 0 Å². The summed E-state index contributed by atoms with van der Waals surface area (Å²) in [7, 11) is 1.31. The van der Waals surface area contributed by atoms with Crippen LogP contribution in [0.25, 0.3) is 0 Å². The molecule has 1 unspecified atom stereocenters. The number of benzene rings is 1. The average molecular weight is 267 g/mol. The molecule has 0 aliphatic rings. The van der Waals surface area contributed by atoms with Crippen LogP contribution in [0.15, 0.2) is 18.2 Å². The fourth-order valence-corrected chi connectivity index (χ4v) is 1.26. The van der Waals surface area contributed by atoms with E-state index in [-0.39, 0.29) is 5.75 Å². The molecule has 1 rings (SSSR count). The monoisotopic (exact) mass is 267 g/mol. The summed E-state index contributed by atoms with van der Waals surface area (Å²) in [6, 6.07) is 3.48. The first kappa shape index (κ1) is 14.7. The molecule has 18 heavy (non-hydrogen) atoms. The molecule has 0 bridgehead atoms. The van der Waals surface area contributed by atoms with Crippen molar-refractivity contribution in [2.45, 2.75) is 19.1 Å². The van der Waals surface area contributed by atoms with Crippen LogP contribution >= 0.6 is 0 Å². The van der Waals surface area contributed by atoms with Gasteiger partial charge in [-0.1, -0.05) is 6.07 Å². The number of methoxy groups -OCH3 is 1. The lowest BCUT2D eigenvalue weighted by atomic mass is 10.1. The lowest BCUT2D eigenvalue weighted by molar-refractivity contribution is -0.192. The summed E-state index contributed by atoms with van der Waals surface area (Å²) in [6.07, 6.45) is -4.40. The van der Waals surface area contributed by atoms with Gasteiger partial charge in [-0.25, -0.2) is 4.39 Å². The van der Waals surface area contributed by atoms with Gasteiger partial charge in [0.1, 0.15) is 0 Å². The maximum Gasteiger partial charge on any atom is 0.413 e. The summed E-state index contributed by atoms with van der Waals surface area (Å²) in [6.45, 7) is 0.193. The van der Waals surface area contributed by atoms with E-state index in [1.165, 1.54) is 25.3 Å². The largest absolute Gasteiger partial charge is 0.494 e. The first-order valence-corrected chi connectivity index (χ1v) is 5.11. The molecule has 1 N–H and O–H groups in total. The normalized spacial score (nSPS) is 13.4. The third-order valence-corrected chi connectivity index (χ3v) is 2.17. The Labute approximate surface area is 102 Å². The Morgan fingerprint density at radius 1 is 1.33 bits per heavy atom. The minimum Gasteiger partial charge on any atom is -0.494 e. The number of hydrogen-bond acceptors (Lipinski definition) is 3. The minimum atomic E-state index is -4.40. The van der Waals surface area contributed by atoms with Crippen LogP contribution < -0.4 is 10.2 Å². The summed E-state index contributed by atoms with van der Waals surface area (Å²) in [5.74, 6) is -0.512. The highest BCUT2D eigenvalue weighted by Gasteiger charge is 2.28. The average Bonchev–Trinajstić information content (AvgIpc) is 2.27. The molecule has 3 nitrogen and oxygen atoms in total. The molecule has 0 saturated carbocycles. The van der Waals surface area contributed by atoms with Crippen LogP contribution in [-0.2, 0) is 4.84 Å². The Hall–Kier alpha value is -1.34. The van der Waals surface area contributed by atoms with E-state index in [0.29, 0.717) is 5.56 Å². The summed E-state index contributed by atoms with van der Waals surface area (Å²) in [4.78, 5) is 4.31. The van der Waals surface area contributed by atoms with Crippen molar-refractivity contribution >= 4 is 0 Å². The Balaban J connectivity index is 2.59. The fourth-order valence-electron chi connectivity index (χ4n) is 1.26. The highest BCUT2D eigenvalue weighted by Crippen LogP contribution is 2.22. The van der Waals surface area contributed by atoms with Gasteiger partial charge in [-0.15, -0.1) is 0 Å². The third kappa shape index (κ3) is 4.50. The number of ether oxygens (including phenoxy) is 1. The van der Waals surface area contributed by atoms with Crippen molar-refractivity contribution in [2.75, 3.05) is 13.7 Å². The predicted octanol–water partition coefficient (Wildman–Crippen LogP) is 2.98. The van der Waals surface area contributed by atoms with Crippen molar-refractivity contribution in [1.29, 1.82) is 0 Å². The van der Waals surface area contributed by atoms with Crippen LogP contribution in [0.1, 0.15) is 18.5 Å². The number of nitrogens with one attached hydrogen (secondary N) is 1. The van der Waals surface area contributed by atoms with Gasteiger partial charge in [0, 0.05) is 0 Å². The van der Waals surface area contributed by atoms with Gasteiger partial charge in [0.2, 0.25) is 0 Å². The molecule has 102 valence electrons. The molecular weight excluding hydrogens is 254 g/mol. The Morgan fingerprint density at radius 3 is 2.56 bits per heavy atom. The van der Waals surface area contributed by atoms with Gasteiger partial charge in [-0.05, 0) is 24.6 Å². The maximum absolute atomic E-state index is 13.1. The van der Waals surface area contributed by atoms with Gasteiger partial charge in [0.05, 0.1) is 13.2 Å². The maximum atomic E-state index is 13.1. The lowest BCUT2D eigenvalue weighted by Gasteiger charge is -2.16. The van der Waals surface area contributed by atoms with Gasteiger partial charge in [0.25, 0.3) is 0 Å². The Kier molecular flexibility index (Phi) is 4.92. The van der Waals surface area contributed by atoms with Crippen molar-refractivity contribution in [3.05, 3.63) is 29.6 Å². The highest BCUT2D eigenvalue weighted by atomic mass is 19.4. The minimum absolute atomic E-state index is 0.0250. The molecule has 0 aromatic heterocycles. The molecule has 0 spiro atoms. The van der Waals surface area contributed by atoms with Crippen LogP contribution in [0.4, 0.5) is 17.6 Å². The number of halogens is 4. The second kappa shape index (κ2) is 6.01. The van der Waals surface area contributed by atoms with Crippen LogP contribution in [0.3, 0.4) is 0 Å². The standard InChI is InChI=1S/C11H13F4NO2/c1-7(16-18-6-11(13,14)15)8-3-4-9(12)10(5-8)17-2/h3-5,7,16H,6H2,1-2H3. The second-order valence-corrected chi connectivity index (χ2v) is 3.64. The van der Waals surface area contributed by atoms with E-state index in [4.69, 9.17) is 4.74 Å². The van der Waals surface area contributed by atoms with E-state index in [0.717, 1.165) is 0 Å². The summed E-state index contributed by atoms with van der Waals surface area (Å²) in [5, 5.41) is 0. The highest BCUT2D eigenvalue weighted by molar-refractivity contribution is 5.31. The summed E-state index contributed by atoms with van der Waals surface area (Å²) >= 11 is 0. The molecule has 0 fully saturated rings. The quantitative estimate of drug-likeness (QED) is 0.657. The molecule has 7 heteroatoms. The van der Waals surface area contributed by atoms with E-state index >= 15 is 0 Å². The molecule has 0 aliphatic heterocycles. The molecule has 1 aromatic carbocycles. The second-order valence-electron chi connectivity index (χ2n) is 3.64. The topological polar surface area (TPSA) is 30.5 Å². The number of alkyl halides is 3. The molecule has 1 atom stereocenters. The molecule has 0 aliphatic carbocycles. The fraction of sp³-hybridized carbons (Fsp3) is 0.455. The Bertz CT molecular complexity index is 395.